The van der Waals surface area contributed by atoms with Crippen LogP contribution in [-0.2, 0) is 4.79 Å². The summed E-state index contributed by atoms with van der Waals surface area (Å²) in [7, 11) is 0. The first kappa shape index (κ1) is 13.9. The number of amides is 1. The molecule has 1 saturated carbocycles. The van der Waals surface area contributed by atoms with Crippen molar-refractivity contribution in [2.45, 2.75) is 31.7 Å². The third kappa shape index (κ3) is 2.35. The van der Waals surface area contributed by atoms with Crippen LogP contribution in [0.3, 0.4) is 0 Å². The molecule has 1 aromatic carbocycles. The second-order valence-electron chi connectivity index (χ2n) is 5.22. The topological polar surface area (TPSA) is 32.3 Å². The first-order valence-corrected chi connectivity index (χ1v) is 7.87. The number of hydrogen-bond donors (Lipinski definition) is 1. The number of thiocarbonyl (C=S) groups is 1. The van der Waals surface area contributed by atoms with Crippen molar-refractivity contribution in [3.8, 4) is 0 Å². The quantitative estimate of drug-likeness (QED) is 0.783. The average Bonchev–Trinajstić information content (AvgIpc) is 2.41. The van der Waals surface area contributed by atoms with Crippen LogP contribution in [0.1, 0.15) is 25.7 Å². The summed E-state index contributed by atoms with van der Waals surface area (Å²) in [6.45, 7) is 0. The van der Waals surface area contributed by atoms with Crippen molar-refractivity contribution in [1.82, 2.24) is 5.32 Å². The third-order valence-electron chi connectivity index (χ3n) is 3.97. The number of nitrogens with one attached hydrogen (secondary N) is 1. The van der Waals surface area contributed by atoms with Crippen LogP contribution >= 0.6 is 28.1 Å². The van der Waals surface area contributed by atoms with Crippen LogP contribution in [0, 0.1) is 11.7 Å². The van der Waals surface area contributed by atoms with Gasteiger partial charge in [0.15, 0.2) is 5.11 Å². The van der Waals surface area contributed by atoms with Gasteiger partial charge in [-0.05, 0) is 59.2 Å². The number of nitrogens with zero attached hydrogens (tertiary/aromatic N) is 1. The van der Waals surface area contributed by atoms with Gasteiger partial charge >= 0.3 is 0 Å². The van der Waals surface area contributed by atoms with Gasteiger partial charge in [-0.25, -0.2) is 4.39 Å². The number of carbonyl (C=O) groups is 1. The van der Waals surface area contributed by atoms with Crippen molar-refractivity contribution in [2.24, 2.45) is 5.92 Å². The Morgan fingerprint density at radius 3 is 2.85 bits per heavy atom. The van der Waals surface area contributed by atoms with E-state index in [0.29, 0.717) is 15.3 Å². The number of carbonyl (C=O) groups excluding carboxylic acids is 1. The SMILES string of the molecule is O=C1C2CCCCC2NC(=S)N1c1ccc(F)cc1Br. The van der Waals surface area contributed by atoms with Crippen molar-refractivity contribution in [3.05, 3.63) is 28.5 Å². The van der Waals surface area contributed by atoms with Gasteiger partial charge in [0.1, 0.15) is 5.82 Å². The van der Waals surface area contributed by atoms with Crippen LogP contribution in [0.15, 0.2) is 22.7 Å². The highest BCUT2D eigenvalue weighted by Gasteiger charge is 2.41. The predicted molar refractivity (Wildman–Crippen MR) is 83.1 cm³/mol. The van der Waals surface area contributed by atoms with Gasteiger partial charge < -0.3 is 5.32 Å². The molecule has 1 saturated heterocycles. The number of rotatable bonds is 1. The van der Waals surface area contributed by atoms with Crippen LogP contribution in [0.25, 0.3) is 0 Å². The van der Waals surface area contributed by atoms with Crippen LogP contribution < -0.4 is 10.2 Å². The summed E-state index contributed by atoms with van der Waals surface area (Å²) in [5, 5.41) is 3.67. The summed E-state index contributed by atoms with van der Waals surface area (Å²) in [6, 6.07) is 4.41. The molecular formula is C14H14BrFN2OS. The van der Waals surface area contributed by atoms with Crippen LogP contribution in [0.2, 0.25) is 0 Å². The molecule has 1 aromatic rings. The monoisotopic (exact) mass is 356 g/mol. The summed E-state index contributed by atoms with van der Waals surface area (Å²) in [6.07, 6.45) is 4.06. The Morgan fingerprint density at radius 2 is 2.10 bits per heavy atom. The normalized spacial score (nSPS) is 26.2. The van der Waals surface area contributed by atoms with Crippen LogP contribution in [-0.4, -0.2) is 17.1 Å². The van der Waals surface area contributed by atoms with E-state index in [0.717, 1.165) is 25.7 Å². The Balaban J connectivity index is 1.96. The molecule has 1 heterocycles. The lowest BCUT2D eigenvalue weighted by Crippen LogP contribution is -2.61. The lowest BCUT2D eigenvalue weighted by atomic mass is 9.82. The fraction of sp³-hybridized carbons (Fsp3) is 0.429. The Kier molecular flexibility index (Phi) is 3.77. The largest absolute Gasteiger partial charge is 0.358 e. The summed E-state index contributed by atoms with van der Waals surface area (Å²) in [5.41, 5.74) is 0.595. The zero-order valence-corrected chi connectivity index (χ0v) is 13.1. The minimum atomic E-state index is -0.348. The van der Waals surface area contributed by atoms with Gasteiger partial charge in [-0.2, -0.15) is 0 Å². The number of halogens is 2. The summed E-state index contributed by atoms with van der Waals surface area (Å²) >= 11 is 8.63. The predicted octanol–water partition coefficient (Wildman–Crippen LogP) is 3.37. The van der Waals surface area contributed by atoms with Gasteiger partial charge in [-0.15, -0.1) is 0 Å². The maximum atomic E-state index is 13.2. The minimum absolute atomic E-state index is 0.0192. The first-order valence-electron chi connectivity index (χ1n) is 6.67. The van der Waals surface area contributed by atoms with E-state index in [9.17, 15) is 9.18 Å². The van der Waals surface area contributed by atoms with E-state index in [2.05, 4.69) is 21.2 Å². The number of anilines is 1. The van der Waals surface area contributed by atoms with E-state index in [4.69, 9.17) is 12.2 Å². The molecule has 2 atom stereocenters. The van der Waals surface area contributed by atoms with E-state index >= 15 is 0 Å². The smallest absolute Gasteiger partial charge is 0.238 e. The molecule has 3 rings (SSSR count). The highest BCUT2D eigenvalue weighted by atomic mass is 79.9. The highest BCUT2D eigenvalue weighted by molar-refractivity contribution is 9.10. The maximum Gasteiger partial charge on any atom is 0.238 e. The first-order chi connectivity index (χ1) is 9.58. The molecule has 1 aliphatic heterocycles. The Hall–Kier alpha value is -1.01. The molecule has 6 heteroatoms. The molecule has 0 aromatic heterocycles. The van der Waals surface area contributed by atoms with Gasteiger partial charge in [-0.3, -0.25) is 9.69 Å². The van der Waals surface area contributed by atoms with Gasteiger partial charge in [-0.1, -0.05) is 12.8 Å². The molecule has 0 spiro atoms. The second kappa shape index (κ2) is 5.41. The molecule has 1 amide bonds. The molecule has 1 N–H and O–H groups in total. The van der Waals surface area contributed by atoms with Crippen molar-refractivity contribution in [1.29, 1.82) is 0 Å². The molecule has 2 fully saturated rings. The zero-order chi connectivity index (χ0) is 14.3. The van der Waals surface area contributed by atoms with Crippen LogP contribution in [0.5, 0.6) is 0 Å². The van der Waals surface area contributed by atoms with Crippen LogP contribution in [0.4, 0.5) is 10.1 Å². The second-order valence-corrected chi connectivity index (χ2v) is 6.46. The lowest BCUT2D eigenvalue weighted by molar-refractivity contribution is -0.123. The molecule has 1 aliphatic carbocycles. The Morgan fingerprint density at radius 1 is 1.35 bits per heavy atom. The summed E-state index contributed by atoms with van der Waals surface area (Å²) < 4.78 is 13.7. The average molecular weight is 357 g/mol. The van der Waals surface area contributed by atoms with Gasteiger partial charge in [0, 0.05) is 10.5 Å². The van der Waals surface area contributed by atoms with E-state index < -0.39 is 0 Å². The van der Waals surface area contributed by atoms with Gasteiger partial charge in [0.2, 0.25) is 5.91 Å². The molecule has 20 heavy (non-hydrogen) atoms. The zero-order valence-electron chi connectivity index (χ0n) is 10.7. The van der Waals surface area contributed by atoms with E-state index in [1.165, 1.54) is 17.0 Å². The van der Waals surface area contributed by atoms with E-state index in [1.54, 1.807) is 6.07 Å². The fourth-order valence-electron chi connectivity index (χ4n) is 2.98. The van der Waals surface area contributed by atoms with E-state index in [-0.39, 0.29) is 23.7 Å². The maximum absolute atomic E-state index is 13.2. The third-order valence-corrected chi connectivity index (χ3v) is 4.90. The lowest BCUT2D eigenvalue weighted by Gasteiger charge is -2.41. The summed E-state index contributed by atoms with van der Waals surface area (Å²) in [5.74, 6) is -0.363. The molecule has 3 nitrogen and oxygen atoms in total. The van der Waals surface area contributed by atoms with Crippen molar-refractivity contribution in [2.75, 3.05) is 4.90 Å². The van der Waals surface area contributed by atoms with Crippen molar-refractivity contribution >= 4 is 44.9 Å². The van der Waals surface area contributed by atoms with Crippen molar-refractivity contribution in [3.63, 3.8) is 0 Å². The van der Waals surface area contributed by atoms with E-state index in [1.807, 2.05) is 0 Å². The highest BCUT2D eigenvalue weighted by Crippen LogP contribution is 2.34. The molecule has 0 radical (unpaired) electrons. The minimum Gasteiger partial charge on any atom is -0.358 e. The Bertz CT molecular complexity index is 580. The van der Waals surface area contributed by atoms with Gasteiger partial charge in [0.05, 0.1) is 11.6 Å². The number of fused-ring (bicyclic) bond motifs is 1. The standard InChI is InChI=1S/C14H14BrFN2OS/c15-10-7-8(16)5-6-12(10)18-13(19)9-3-1-2-4-11(9)17-14(18)20/h5-7,9,11H,1-4H2,(H,17,20). The fourth-order valence-corrected chi connectivity index (χ4v) is 3.85. The molecule has 106 valence electrons. The molecule has 2 aliphatic rings. The number of hydrogen-bond acceptors (Lipinski definition) is 2. The molecule has 0 bridgehead atoms. The van der Waals surface area contributed by atoms with Gasteiger partial charge in [0.25, 0.3) is 0 Å². The Labute approximate surface area is 130 Å². The molecular weight excluding hydrogens is 343 g/mol. The number of benzene rings is 1. The molecule has 2 unspecified atom stereocenters. The van der Waals surface area contributed by atoms with Crippen molar-refractivity contribution < 1.29 is 9.18 Å². The summed E-state index contributed by atoms with van der Waals surface area (Å²) in [4.78, 5) is 14.2.